The van der Waals surface area contributed by atoms with Crippen molar-refractivity contribution in [1.29, 1.82) is 0 Å². The van der Waals surface area contributed by atoms with Crippen molar-refractivity contribution in [3.8, 4) is 11.5 Å². The molecule has 1 amide bonds. The second kappa shape index (κ2) is 10.3. The van der Waals surface area contributed by atoms with Crippen LogP contribution in [0.25, 0.3) is 5.76 Å². The number of amides is 1. The summed E-state index contributed by atoms with van der Waals surface area (Å²) in [6.07, 6.45) is 0. The molecular weight excluding hydrogens is 436 g/mol. The average molecular weight is 467 g/mol. The molecule has 8 nitrogen and oxygen atoms in total. The first-order chi connectivity index (χ1) is 16.4. The molecule has 0 radical (unpaired) electrons. The van der Waals surface area contributed by atoms with Crippen molar-refractivity contribution in [3.63, 3.8) is 0 Å². The Balaban J connectivity index is 1.75. The van der Waals surface area contributed by atoms with E-state index in [2.05, 4.69) is 4.90 Å². The van der Waals surface area contributed by atoms with Crippen molar-refractivity contribution < 1.29 is 28.9 Å². The van der Waals surface area contributed by atoms with E-state index < -0.39 is 17.7 Å². The summed E-state index contributed by atoms with van der Waals surface area (Å²) in [7, 11) is 3.02. The van der Waals surface area contributed by atoms with Crippen LogP contribution in [-0.4, -0.2) is 80.2 Å². The molecule has 2 aromatic rings. The van der Waals surface area contributed by atoms with Crippen LogP contribution in [0.1, 0.15) is 22.7 Å². The second-order valence-corrected chi connectivity index (χ2v) is 8.43. The standard InChI is InChI=1S/C26H30N2O6/c1-17-4-6-18(7-5-17)23-22(24(29)19-8-9-20(32-2)21(16-19)33-3)25(30)26(31)28(23)11-10-27-12-14-34-15-13-27/h4-9,16,23,29H,10-15H2,1-3H3/t23-/m1/s1. The van der Waals surface area contributed by atoms with Gasteiger partial charge in [0.15, 0.2) is 11.5 Å². The first-order valence-electron chi connectivity index (χ1n) is 11.3. The summed E-state index contributed by atoms with van der Waals surface area (Å²) < 4.78 is 16.0. The molecule has 2 aromatic carbocycles. The number of likely N-dealkylation sites (tertiary alicyclic amines) is 1. The maximum atomic E-state index is 13.2. The maximum Gasteiger partial charge on any atom is 0.295 e. The van der Waals surface area contributed by atoms with Crippen molar-refractivity contribution in [2.75, 3.05) is 53.6 Å². The van der Waals surface area contributed by atoms with Crippen molar-refractivity contribution in [1.82, 2.24) is 9.80 Å². The molecule has 2 heterocycles. The average Bonchev–Trinajstić information content (AvgIpc) is 3.12. The van der Waals surface area contributed by atoms with E-state index in [0.29, 0.717) is 43.4 Å². The van der Waals surface area contributed by atoms with Gasteiger partial charge in [0.05, 0.1) is 39.0 Å². The van der Waals surface area contributed by atoms with Crippen LogP contribution < -0.4 is 9.47 Å². The molecule has 0 aliphatic carbocycles. The van der Waals surface area contributed by atoms with Gasteiger partial charge < -0.3 is 24.2 Å². The molecule has 0 unspecified atom stereocenters. The Labute approximate surface area is 199 Å². The Morgan fingerprint density at radius 1 is 1.00 bits per heavy atom. The number of aliphatic hydroxyl groups is 1. The minimum Gasteiger partial charge on any atom is -0.507 e. The van der Waals surface area contributed by atoms with Crippen molar-refractivity contribution in [2.24, 2.45) is 0 Å². The van der Waals surface area contributed by atoms with Crippen LogP contribution in [0.3, 0.4) is 0 Å². The maximum absolute atomic E-state index is 13.2. The van der Waals surface area contributed by atoms with Crippen molar-refractivity contribution in [2.45, 2.75) is 13.0 Å². The van der Waals surface area contributed by atoms with Crippen molar-refractivity contribution in [3.05, 3.63) is 64.7 Å². The summed E-state index contributed by atoms with van der Waals surface area (Å²) in [4.78, 5) is 30.1. The van der Waals surface area contributed by atoms with E-state index in [1.165, 1.54) is 14.2 Å². The third kappa shape index (κ3) is 4.64. The molecule has 180 valence electrons. The molecule has 2 fully saturated rings. The van der Waals surface area contributed by atoms with Gasteiger partial charge in [0, 0.05) is 31.7 Å². The third-order valence-corrected chi connectivity index (χ3v) is 6.35. The Kier molecular flexibility index (Phi) is 7.19. The number of aryl methyl sites for hydroxylation is 1. The fourth-order valence-electron chi connectivity index (χ4n) is 4.42. The zero-order chi connectivity index (χ0) is 24.2. The van der Waals surface area contributed by atoms with E-state index in [1.807, 2.05) is 31.2 Å². The fourth-order valence-corrected chi connectivity index (χ4v) is 4.42. The number of methoxy groups -OCH3 is 2. The van der Waals surface area contributed by atoms with Gasteiger partial charge in [0.2, 0.25) is 0 Å². The Morgan fingerprint density at radius 2 is 1.68 bits per heavy atom. The van der Waals surface area contributed by atoms with Crippen LogP contribution in [0.2, 0.25) is 0 Å². The normalized spacial score (nSPS) is 20.6. The first kappa shape index (κ1) is 23.8. The molecule has 0 spiro atoms. The summed E-state index contributed by atoms with van der Waals surface area (Å²) >= 11 is 0. The summed E-state index contributed by atoms with van der Waals surface area (Å²) in [6.45, 7) is 5.83. The SMILES string of the molecule is COc1ccc(C(O)=C2C(=O)C(=O)N(CCN3CCOCC3)[C@@H]2c2ccc(C)cc2)cc1OC. The van der Waals surface area contributed by atoms with Gasteiger partial charge in [-0.1, -0.05) is 29.8 Å². The van der Waals surface area contributed by atoms with Crippen LogP contribution in [0.5, 0.6) is 11.5 Å². The highest BCUT2D eigenvalue weighted by atomic mass is 16.5. The molecule has 0 bridgehead atoms. The lowest BCUT2D eigenvalue weighted by molar-refractivity contribution is -0.140. The lowest BCUT2D eigenvalue weighted by Crippen LogP contribution is -2.42. The number of hydrogen-bond acceptors (Lipinski definition) is 7. The van der Waals surface area contributed by atoms with Gasteiger partial charge in [-0.25, -0.2) is 0 Å². The predicted octanol–water partition coefficient (Wildman–Crippen LogP) is 2.77. The number of Topliss-reactive ketones (excluding diaryl/α,β-unsaturated/α-hetero) is 1. The number of carbonyl (C=O) groups excluding carboxylic acids is 2. The van der Waals surface area contributed by atoms with Gasteiger partial charge in [-0.05, 0) is 30.7 Å². The Bertz CT molecular complexity index is 1090. The van der Waals surface area contributed by atoms with Gasteiger partial charge in [-0.3, -0.25) is 14.5 Å². The zero-order valence-corrected chi connectivity index (χ0v) is 19.7. The molecule has 1 atom stereocenters. The molecule has 34 heavy (non-hydrogen) atoms. The molecule has 0 saturated carbocycles. The van der Waals surface area contributed by atoms with Crippen LogP contribution >= 0.6 is 0 Å². The highest BCUT2D eigenvalue weighted by Gasteiger charge is 2.46. The quantitative estimate of drug-likeness (QED) is 0.381. The number of aliphatic hydroxyl groups excluding tert-OH is 1. The van der Waals surface area contributed by atoms with Gasteiger partial charge in [-0.2, -0.15) is 0 Å². The molecule has 4 rings (SSSR count). The number of carbonyl (C=O) groups is 2. The van der Waals surface area contributed by atoms with Gasteiger partial charge >= 0.3 is 0 Å². The van der Waals surface area contributed by atoms with Crippen LogP contribution in [0.15, 0.2) is 48.0 Å². The lowest BCUT2D eigenvalue weighted by Gasteiger charge is -2.31. The fraction of sp³-hybridized carbons (Fsp3) is 0.385. The molecule has 1 N–H and O–H groups in total. The number of rotatable bonds is 7. The minimum absolute atomic E-state index is 0.0723. The van der Waals surface area contributed by atoms with E-state index >= 15 is 0 Å². The summed E-state index contributed by atoms with van der Waals surface area (Å²) in [5, 5.41) is 11.3. The number of nitrogens with zero attached hydrogens (tertiary/aromatic N) is 2. The number of benzene rings is 2. The predicted molar refractivity (Wildman–Crippen MR) is 127 cm³/mol. The number of morpholine rings is 1. The summed E-state index contributed by atoms with van der Waals surface area (Å²) in [5.74, 6) is -0.625. The third-order valence-electron chi connectivity index (χ3n) is 6.35. The van der Waals surface area contributed by atoms with E-state index in [1.54, 1.807) is 23.1 Å². The molecule has 8 heteroatoms. The minimum atomic E-state index is -0.695. The zero-order valence-electron chi connectivity index (χ0n) is 19.7. The first-order valence-corrected chi connectivity index (χ1v) is 11.3. The summed E-state index contributed by atoms with van der Waals surface area (Å²) in [5.41, 5.74) is 2.28. The highest BCUT2D eigenvalue weighted by molar-refractivity contribution is 6.46. The van der Waals surface area contributed by atoms with E-state index in [4.69, 9.17) is 14.2 Å². The molecular formula is C26H30N2O6. The monoisotopic (exact) mass is 466 g/mol. The van der Waals surface area contributed by atoms with Gasteiger partial charge in [0.25, 0.3) is 11.7 Å². The number of ketones is 1. The van der Waals surface area contributed by atoms with E-state index in [-0.39, 0.29) is 11.3 Å². The smallest absolute Gasteiger partial charge is 0.295 e. The van der Waals surface area contributed by atoms with Crippen LogP contribution in [0, 0.1) is 6.92 Å². The van der Waals surface area contributed by atoms with Crippen LogP contribution in [-0.2, 0) is 14.3 Å². The van der Waals surface area contributed by atoms with E-state index in [0.717, 1.165) is 24.2 Å². The Hall–Kier alpha value is -3.36. The second-order valence-electron chi connectivity index (χ2n) is 8.43. The van der Waals surface area contributed by atoms with Gasteiger partial charge in [0.1, 0.15) is 5.76 Å². The molecule has 2 saturated heterocycles. The van der Waals surface area contributed by atoms with Gasteiger partial charge in [-0.15, -0.1) is 0 Å². The van der Waals surface area contributed by atoms with Crippen LogP contribution in [0.4, 0.5) is 0 Å². The molecule has 0 aromatic heterocycles. The molecule has 2 aliphatic heterocycles. The largest absolute Gasteiger partial charge is 0.507 e. The Morgan fingerprint density at radius 3 is 2.32 bits per heavy atom. The number of hydrogen-bond donors (Lipinski definition) is 1. The summed E-state index contributed by atoms with van der Waals surface area (Å²) in [6, 6.07) is 11.9. The molecule has 2 aliphatic rings. The topological polar surface area (TPSA) is 88.5 Å². The number of ether oxygens (including phenoxy) is 3. The van der Waals surface area contributed by atoms with E-state index in [9.17, 15) is 14.7 Å². The lowest BCUT2D eigenvalue weighted by atomic mass is 9.94. The highest BCUT2D eigenvalue weighted by Crippen LogP contribution is 2.40. The van der Waals surface area contributed by atoms with Crippen molar-refractivity contribution >= 4 is 17.4 Å².